The average molecular weight is 275 g/mol. The maximum Gasteiger partial charge on any atom is 0.246 e. The van der Waals surface area contributed by atoms with Gasteiger partial charge in [-0.05, 0) is 24.8 Å². The van der Waals surface area contributed by atoms with E-state index < -0.39 is 10.0 Å². The largest absolute Gasteiger partial charge is 0.263 e. The third-order valence-corrected chi connectivity index (χ3v) is 5.31. The van der Waals surface area contributed by atoms with Crippen LogP contribution in [0.25, 0.3) is 0 Å². The first-order valence-corrected chi connectivity index (χ1v) is 7.43. The van der Waals surface area contributed by atoms with Crippen molar-refractivity contribution in [3.63, 3.8) is 0 Å². The molecular formula is C11H15ClN2O2S. The molecule has 0 spiro atoms. The number of halogens is 1. The molecule has 1 fully saturated rings. The van der Waals surface area contributed by atoms with Crippen molar-refractivity contribution in [2.45, 2.75) is 24.7 Å². The molecule has 1 unspecified atom stereocenters. The monoisotopic (exact) mass is 274 g/mol. The van der Waals surface area contributed by atoms with Crippen LogP contribution in [0.2, 0.25) is 5.02 Å². The fourth-order valence-corrected chi connectivity index (χ4v) is 4.06. The van der Waals surface area contributed by atoms with Gasteiger partial charge in [0, 0.05) is 25.5 Å². The molecule has 1 aromatic rings. The predicted molar refractivity (Wildman–Crippen MR) is 66.4 cm³/mol. The Bertz CT molecular complexity index is 504. The standard InChI is InChI=1S/C11H15ClN2O2S/c1-9-3-2-6-14(8-9)17(15,16)11-7-13-5-4-10(11)12/h4-5,7,9H,2-3,6,8H2,1H3. The number of rotatable bonds is 2. The highest BCUT2D eigenvalue weighted by atomic mass is 35.5. The topological polar surface area (TPSA) is 50.3 Å². The zero-order valence-electron chi connectivity index (χ0n) is 9.63. The van der Waals surface area contributed by atoms with E-state index in [9.17, 15) is 8.42 Å². The SMILES string of the molecule is CC1CCCN(S(=O)(=O)c2cnccc2Cl)C1. The average Bonchev–Trinajstić information content (AvgIpc) is 2.29. The molecule has 0 amide bonds. The molecule has 0 N–H and O–H groups in total. The minimum atomic E-state index is -3.49. The van der Waals surface area contributed by atoms with Gasteiger partial charge in [-0.25, -0.2) is 8.42 Å². The molecule has 0 saturated carbocycles. The van der Waals surface area contributed by atoms with Gasteiger partial charge >= 0.3 is 0 Å². The lowest BCUT2D eigenvalue weighted by Gasteiger charge is -2.30. The number of pyridine rings is 1. The first-order valence-electron chi connectivity index (χ1n) is 5.61. The zero-order valence-corrected chi connectivity index (χ0v) is 11.2. The zero-order chi connectivity index (χ0) is 12.5. The molecule has 6 heteroatoms. The van der Waals surface area contributed by atoms with Crippen LogP contribution in [0.15, 0.2) is 23.4 Å². The van der Waals surface area contributed by atoms with Gasteiger partial charge in [0.15, 0.2) is 0 Å². The van der Waals surface area contributed by atoms with Crippen LogP contribution in [0.4, 0.5) is 0 Å². The summed E-state index contributed by atoms with van der Waals surface area (Å²) in [5.41, 5.74) is 0. The predicted octanol–water partition coefficient (Wildman–Crippen LogP) is 2.16. The molecule has 1 aromatic heterocycles. The van der Waals surface area contributed by atoms with Crippen molar-refractivity contribution in [1.29, 1.82) is 0 Å². The van der Waals surface area contributed by atoms with E-state index in [4.69, 9.17) is 11.6 Å². The first-order chi connectivity index (χ1) is 8.01. The highest BCUT2D eigenvalue weighted by Crippen LogP contribution is 2.27. The fraction of sp³-hybridized carbons (Fsp3) is 0.545. The molecular weight excluding hydrogens is 260 g/mol. The smallest absolute Gasteiger partial charge is 0.246 e. The lowest BCUT2D eigenvalue weighted by Crippen LogP contribution is -2.39. The summed E-state index contributed by atoms with van der Waals surface area (Å²) in [6.07, 6.45) is 4.78. The summed E-state index contributed by atoms with van der Waals surface area (Å²) in [7, 11) is -3.49. The van der Waals surface area contributed by atoms with Gasteiger partial charge in [0.1, 0.15) is 4.90 Å². The molecule has 0 radical (unpaired) electrons. The van der Waals surface area contributed by atoms with Gasteiger partial charge in [0.2, 0.25) is 10.0 Å². The first kappa shape index (κ1) is 12.8. The Morgan fingerprint density at radius 1 is 1.53 bits per heavy atom. The second-order valence-electron chi connectivity index (χ2n) is 4.42. The third-order valence-electron chi connectivity index (χ3n) is 2.97. The van der Waals surface area contributed by atoms with E-state index >= 15 is 0 Å². The van der Waals surface area contributed by atoms with E-state index in [1.165, 1.54) is 22.8 Å². The lowest BCUT2D eigenvalue weighted by molar-refractivity contribution is 0.281. The molecule has 2 rings (SSSR count). The minimum absolute atomic E-state index is 0.107. The number of piperidine rings is 1. The van der Waals surface area contributed by atoms with Crippen molar-refractivity contribution in [2.75, 3.05) is 13.1 Å². The summed E-state index contributed by atoms with van der Waals surface area (Å²) in [6, 6.07) is 1.50. The maximum absolute atomic E-state index is 12.4. The fourth-order valence-electron chi connectivity index (χ4n) is 2.06. The van der Waals surface area contributed by atoms with Gasteiger partial charge < -0.3 is 0 Å². The summed E-state index contributed by atoms with van der Waals surface area (Å²) in [4.78, 5) is 3.94. The van der Waals surface area contributed by atoms with Crippen LogP contribution in [0.5, 0.6) is 0 Å². The number of nitrogens with zero attached hydrogens (tertiary/aromatic N) is 2. The van der Waals surface area contributed by atoms with Crippen molar-refractivity contribution in [3.8, 4) is 0 Å². The van der Waals surface area contributed by atoms with Crippen LogP contribution in [-0.2, 0) is 10.0 Å². The molecule has 2 heterocycles. The quantitative estimate of drug-likeness (QED) is 0.830. The Kier molecular flexibility index (Phi) is 3.70. The molecule has 0 aromatic carbocycles. The molecule has 1 saturated heterocycles. The molecule has 94 valence electrons. The number of aromatic nitrogens is 1. The van der Waals surface area contributed by atoms with Crippen molar-refractivity contribution < 1.29 is 8.42 Å². The van der Waals surface area contributed by atoms with Crippen molar-refractivity contribution in [3.05, 3.63) is 23.5 Å². The van der Waals surface area contributed by atoms with E-state index in [-0.39, 0.29) is 9.92 Å². The Hall–Kier alpha value is -0.650. The molecule has 4 nitrogen and oxygen atoms in total. The van der Waals surface area contributed by atoms with E-state index in [1.807, 2.05) is 0 Å². The van der Waals surface area contributed by atoms with E-state index in [2.05, 4.69) is 11.9 Å². The highest BCUT2D eigenvalue weighted by molar-refractivity contribution is 7.89. The minimum Gasteiger partial charge on any atom is -0.263 e. The molecule has 17 heavy (non-hydrogen) atoms. The Balaban J connectivity index is 2.33. The van der Waals surface area contributed by atoms with Gasteiger partial charge in [-0.2, -0.15) is 4.31 Å². The summed E-state index contributed by atoms with van der Waals surface area (Å²) in [5.74, 6) is 0.397. The summed E-state index contributed by atoms with van der Waals surface area (Å²) in [5, 5.41) is 0.234. The van der Waals surface area contributed by atoms with Crippen LogP contribution in [0.3, 0.4) is 0 Å². The summed E-state index contributed by atoms with van der Waals surface area (Å²) >= 11 is 5.92. The number of hydrogen-bond acceptors (Lipinski definition) is 3. The van der Waals surface area contributed by atoms with E-state index in [0.717, 1.165) is 12.8 Å². The number of sulfonamides is 1. The second-order valence-corrected chi connectivity index (χ2v) is 6.73. The van der Waals surface area contributed by atoms with Crippen LogP contribution in [0, 0.1) is 5.92 Å². The Morgan fingerprint density at radius 3 is 2.94 bits per heavy atom. The molecule has 1 aliphatic heterocycles. The normalized spacial score (nSPS) is 22.6. The van der Waals surface area contributed by atoms with E-state index in [1.54, 1.807) is 0 Å². The van der Waals surface area contributed by atoms with Crippen LogP contribution in [0.1, 0.15) is 19.8 Å². The van der Waals surface area contributed by atoms with Gasteiger partial charge in [-0.15, -0.1) is 0 Å². The van der Waals surface area contributed by atoms with Crippen LogP contribution >= 0.6 is 11.6 Å². The Labute approximate surface area is 107 Å². The van der Waals surface area contributed by atoms with E-state index in [0.29, 0.717) is 19.0 Å². The molecule has 0 bridgehead atoms. The highest BCUT2D eigenvalue weighted by Gasteiger charge is 2.30. The third kappa shape index (κ3) is 2.61. The molecule has 1 atom stereocenters. The summed E-state index contributed by atoms with van der Waals surface area (Å²) < 4.78 is 26.2. The van der Waals surface area contributed by atoms with Crippen molar-refractivity contribution in [1.82, 2.24) is 9.29 Å². The van der Waals surface area contributed by atoms with Crippen LogP contribution in [-0.4, -0.2) is 30.8 Å². The van der Waals surface area contributed by atoms with Gasteiger partial charge in [-0.3, -0.25) is 4.98 Å². The van der Waals surface area contributed by atoms with Gasteiger partial charge in [-0.1, -0.05) is 18.5 Å². The molecule has 0 aliphatic carbocycles. The second kappa shape index (κ2) is 4.92. The summed E-state index contributed by atoms with van der Waals surface area (Å²) in [6.45, 7) is 3.19. The Morgan fingerprint density at radius 2 is 2.29 bits per heavy atom. The van der Waals surface area contributed by atoms with Gasteiger partial charge in [0.25, 0.3) is 0 Å². The maximum atomic E-state index is 12.4. The van der Waals surface area contributed by atoms with Gasteiger partial charge in [0.05, 0.1) is 5.02 Å². The molecule has 1 aliphatic rings. The number of hydrogen-bond donors (Lipinski definition) is 0. The van der Waals surface area contributed by atoms with Crippen LogP contribution < -0.4 is 0 Å². The van der Waals surface area contributed by atoms with Crippen molar-refractivity contribution >= 4 is 21.6 Å². The van der Waals surface area contributed by atoms with Crippen molar-refractivity contribution in [2.24, 2.45) is 5.92 Å². The lowest BCUT2D eigenvalue weighted by atomic mass is 10.0.